The third-order valence-electron chi connectivity index (χ3n) is 12.9. The second kappa shape index (κ2) is 25.4. The number of phenolic OH excluding ortho intramolecular Hbond substituents is 2. The van der Waals surface area contributed by atoms with Gasteiger partial charge in [-0.25, -0.2) is 0 Å². The minimum absolute atomic E-state index is 0. The van der Waals surface area contributed by atoms with Crippen molar-refractivity contribution in [2.75, 3.05) is 32.1 Å². The summed E-state index contributed by atoms with van der Waals surface area (Å²) in [6.45, 7) is 36.5. The Labute approximate surface area is 414 Å². The first-order valence-electron chi connectivity index (χ1n) is 23.2. The Morgan fingerprint density at radius 2 is 1.50 bits per heavy atom. The number of aliphatic hydroxyl groups excluding tert-OH is 2. The third kappa shape index (κ3) is 12.3. The summed E-state index contributed by atoms with van der Waals surface area (Å²) in [5.41, 5.74) is -0.599. The van der Waals surface area contributed by atoms with E-state index in [1.54, 1.807) is 80.5 Å². The van der Waals surface area contributed by atoms with Gasteiger partial charge in [0.25, 0.3) is 11.7 Å². The molecule has 384 valence electrons. The number of methoxy groups -OCH3 is 1. The Balaban J connectivity index is 0.00000218. The number of fused-ring (bicyclic) bond motifs is 13. The molecule has 2 aromatic carbocycles. The summed E-state index contributed by atoms with van der Waals surface area (Å²) in [5.74, 6) is -6.85. The number of esters is 1. The Morgan fingerprint density at radius 1 is 0.912 bits per heavy atom. The molecular formula is C52H76N4NiO11-4. The van der Waals surface area contributed by atoms with E-state index in [1.807, 2.05) is 0 Å². The van der Waals surface area contributed by atoms with Crippen LogP contribution in [0, 0.1) is 64.2 Å². The van der Waals surface area contributed by atoms with Crippen LogP contribution in [-0.4, -0.2) is 106 Å². The largest absolute Gasteiger partial charge is 0.507 e. The normalized spacial score (nSPS) is 29.5. The number of nitrogens with one attached hydrogen (secondary N) is 1. The van der Waals surface area contributed by atoms with E-state index in [0.29, 0.717) is 31.8 Å². The summed E-state index contributed by atoms with van der Waals surface area (Å²) in [5, 5.41) is 50.1. The SMILES string of the molecule is [CH2-]C.[CH2-]C.[CH2-]C.[CH2-]C(=O)O[C@H]1[C@H](C)[C@H](O)[C@H](C)[C@@H](O)[C@@H](C)/C=C/C=C(/C)C(=O)Nc2c(O)c3c(O)c(C)c4c(c3c3c2=NC2(CCN(CC(C)C)CC2)N=3)C(=O)[C@@](C)(O/C=C/[C@H](OC)[C@H]1C)O4.[Ni]. The fourth-order valence-corrected chi connectivity index (χ4v) is 9.16. The van der Waals surface area contributed by atoms with Gasteiger partial charge < -0.3 is 70.4 Å². The number of rotatable bonds is 4. The van der Waals surface area contributed by atoms with Crippen LogP contribution in [0.25, 0.3) is 10.8 Å². The summed E-state index contributed by atoms with van der Waals surface area (Å²) >= 11 is 0. The predicted octanol–water partition coefficient (Wildman–Crippen LogP) is 7.08. The molecule has 15 nitrogen and oxygen atoms in total. The predicted molar refractivity (Wildman–Crippen MR) is 260 cm³/mol. The first-order valence-corrected chi connectivity index (χ1v) is 23.2. The number of nitrogens with zero attached hydrogens (tertiary/aromatic N) is 3. The van der Waals surface area contributed by atoms with Crippen molar-refractivity contribution in [2.45, 2.75) is 132 Å². The van der Waals surface area contributed by atoms with Gasteiger partial charge in [0.2, 0.25) is 0 Å². The number of ketones is 1. The van der Waals surface area contributed by atoms with Crippen molar-refractivity contribution >= 4 is 34.1 Å². The first kappa shape index (κ1) is 59.7. The van der Waals surface area contributed by atoms with Crippen molar-refractivity contribution in [1.82, 2.24) is 4.90 Å². The van der Waals surface area contributed by atoms with Crippen LogP contribution < -0.4 is 20.8 Å². The maximum atomic E-state index is 14.7. The number of likely N-dealkylation sites (tertiary alicyclic amines) is 1. The quantitative estimate of drug-likeness (QED) is 0.0901. The van der Waals surface area contributed by atoms with Gasteiger partial charge >= 0.3 is 5.79 Å². The van der Waals surface area contributed by atoms with E-state index in [0.717, 1.165) is 6.54 Å². The van der Waals surface area contributed by atoms with Gasteiger partial charge in [0.1, 0.15) is 28.6 Å². The third-order valence-corrected chi connectivity index (χ3v) is 12.9. The number of aromatic hydroxyl groups is 2. The van der Waals surface area contributed by atoms with Crippen molar-refractivity contribution in [3.8, 4) is 17.2 Å². The molecule has 16 heteroatoms. The van der Waals surface area contributed by atoms with Gasteiger partial charge in [-0.05, 0) is 25.8 Å². The molecule has 5 aliphatic rings. The van der Waals surface area contributed by atoms with Crippen LogP contribution in [0.3, 0.4) is 0 Å². The molecule has 2 aromatic rings. The summed E-state index contributed by atoms with van der Waals surface area (Å²) in [6.07, 6.45) is 4.83. The van der Waals surface area contributed by atoms with E-state index in [-0.39, 0.29) is 71.9 Å². The molecule has 1 saturated heterocycles. The molecule has 9 atom stereocenters. The topological polar surface area (TPSA) is 209 Å². The maximum absolute atomic E-state index is 14.7. The van der Waals surface area contributed by atoms with Crippen LogP contribution in [0.5, 0.6) is 17.2 Å². The van der Waals surface area contributed by atoms with Gasteiger partial charge in [0, 0.05) is 103 Å². The van der Waals surface area contributed by atoms with Crippen LogP contribution in [0.1, 0.15) is 105 Å². The van der Waals surface area contributed by atoms with Gasteiger partial charge in [-0.3, -0.25) is 31.3 Å². The van der Waals surface area contributed by atoms with E-state index in [1.165, 1.54) is 26.4 Å². The van der Waals surface area contributed by atoms with E-state index in [2.05, 4.69) is 51.8 Å². The van der Waals surface area contributed by atoms with Crippen molar-refractivity contribution < 1.29 is 70.2 Å². The fourth-order valence-electron chi connectivity index (χ4n) is 9.16. The average Bonchev–Trinajstić information content (AvgIpc) is 3.81. The molecular weight excluding hydrogens is 915 g/mol. The molecule has 0 unspecified atom stereocenters. The smallest absolute Gasteiger partial charge is 0.312 e. The van der Waals surface area contributed by atoms with Crippen LogP contribution >= 0.6 is 0 Å². The number of aliphatic hydroxyl groups is 2. The number of ether oxygens (including phenoxy) is 4. The monoisotopic (exact) mass is 990 g/mol. The minimum Gasteiger partial charge on any atom is -0.507 e. The van der Waals surface area contributed by atoms with Gasteiger partial charge in [0.15, 0.2) is 17.4 Å². The second-order valence-electron chi connectivity index (χ2n) is 17.8. The molecule has 1 spiro atoms. The van der Waals surface area contributed by atoms with Gasteiger partial charge in [-0.2, -0.15) is 20.8 Å². The molecule has 7 rings (SSSR count). The zero-order valence-electron chi connectivity index (χ0n) is 42.3. The van der Waals surface area contributed by atoms with Crippen LogP contribution in [-0.2, 0) is 40.3 Å². The Morgan fingerprint density at radius 3 is 2.06 bits per heavy atom. The molecule has 0 aromatic heterocycles. The fraction of sp³-hybridized carbons (Fsp3) is 0.558. The Bertz CT molecular complexity index is 2310. The van der Waals surface area contributed by atoms with Crippen LogP contribution in [0.4, 0.5) is 5.69 Å². The summed E-state index contributed by atoms with van der Waals surface area (Å²) < 4.78 is 23.8. The molecule has 5 heterocycles. The van der Waals surface area contributed by atoms with Gasteiger partial charge in [-0.15, -0.1) is 0 Å². The van der Waals surface area contributed by atoms with Crippen molar-refractivity contribution in [3.05, 3.63) is 85.7 Å². The number of carbonyl (C=O) groups is 3. The maximum Gasteiger partial charge on any atom is 0.312 e. The number of piperidine rings is 1. The number of amides is 1. The number of allylic oxidation sites excluding steroid dienone is 2. The standard InChI is InChI=1S/C46H61N4O11.3C2H5.Ni/c1-22(2)21-50-18-16-46(17-19-50)48-34-31-32-39(54)28(8)42-33(31)43(56)45(10,61-42)59-20-15-30(58-11)25(5)41(60-29(9)51)27(7)38(53)26(6)37(52)23(3)13-12-14-24(4)44(57)47-36(40(32)55)35(34)49-46;3*1-2;/h12-15,20,22-23,25-27,30,37-38,41,52-55H,9,16-19,21H2,1-8,10-11H3,(H,47,57);3*1H2,2H3;/q4*-1;/b13-12+,20-15+,24-14-;;;;/t23-,25+,26+,27+,30-,37-,38+,41+,45-;;;;/m0..../s1. The summed E-state index contributed by atoms with van der Waals surface area (Å²) in [6, 6.07) is 0. The van der Waals surface area contributed by atoms with E-state index < -0.39 is 82.9 Å². The number of hydrogen-bond acceptors (Lipinski definition) is 14. The second-order valence-corrected chi connectivity index (χ2v) is 17.8. The molecule has 0 radical (unpaired) electrons. The molecule has 5 aliphatic heterocycles. The number of hydrogen-bond donors (Lipinski definition) is 5. The van der Waals surface area contributed by atoms with Crippen LogP contribution in [0.2, 0.25) is 0 Å². The summed E-state index contributed by atoms with van der Waals surface area (Å²) in [7, 11) is 1.45. The zero-order valence-corrected chi connectivity index (χ0v) is 43.2. The molecule has 5 bridgehead atoms. The van der Waals surface area contributed by atoms with E-state index in [9.17, 15) is 34.8 Å². The molecule has 68 heavy (non-hydrogen) atoms. The number of phenols is 2. The molecule has 1 amide bonds. The summed E-state index contributed by atoms with van der Waals surface area (Å²) in [4.78, 5) is 53.5. The number of benzene rings is 2. The minimum atomic E-state index is -1.97. The van der Waals surface area contributed by atoms with Crippen LogP contribution in [0.15, 0.2) is 46.1 Å². The van der Waals surface area contributed by atoms with Crippen molar-refractivity contribution in [2.24, 2.45) is 39.6 Å². The first-order chi connectivity index (χ1) is 31.6. The average molecular weight is 992 g/mol. The van der Waals surface area contributed by atoms with Crippen molar-refractivity contribution in [1.29, 1.82) is 0 Å². The molecule has 1 fully saturated rings. The van der Waals surface area contributed by atoms with E-state index in [4.69, 9.17) is 28.9 Å². The zero-order chi connectivity index (χ0) is 50.9. The van der Waals surface area contributed by atoms with Crippen molar-refractivity contribution in [3.63, 3.8) is 0 Å². The molecule has 0 saturated carbocycles. The number of carbonyl (C=O) groups excluding carboxylic acids is 3. The Kier molecular flexibility index (Phi) is 22.3. The van der Waals surface area contributed by atoms with Gasteiger partial charge in [-0.1, -0.05) is 59.8 Å². The number of anilines is 1. The number of Topliss-reactive ketones (excluding diaryl/α,β-unsaturated/α-hetero) is 1. The van der Waals surface area contributed by atoms with Gasteiger partial charge in [0.05, 0.1) is 40.9 Å². The Hall–Kier alpha value is -4.47. The molecule has 5 N–H and O–H groups in total. The van der Waals surface area contributed by atoms with E-state index >= 15 is 0 Å². The molecule has 0 aliphatic carbocycles.